The molecule has 0 radical (unpaired) electrons. The van der Waals surface area contributed by atoms with Gasteiger partial charge >= 0.3 is 11.8 Å². The van der Waals surface area contributed by atoms with Crippen molar-refractivity contribution in [2.45, 2.75) is 25.0 Å². The minimum atomic E-state index is -1.20. The number of aromatic nitrogens is 2. The lowest BCUT2D eigenvalue weighted by Gasteiger charge is -2.21. The van der Waals surface area contributed by atoms with Gasteiger partial charge in [0.2, 0.25) is 5.82 Å². The zero-order chi connectivity index (χ0) is 15.6. The zero-order valence-electron chi connectivity index (χ0n) is 11.5. The van der Waals surface area contributed by atoms with Crippen LogP contribution in [-0.2, 0) is 7.05 Å². The predicted octanol–water partition coefficient (Wildman–Crippen LogP) is -0.0744. The second kappa shape index (κ2) is 5.95. The van der Waals surface area contributed by atoms with Crippen LogP contribution in [0.5, 0.6) is 0 Å². The van der Waals surface area contributed by atoms with Crippen LogP contribution < -0.4 is 10.2 Å². The first-order valence-corrected chi connectivity index (χ1v) is 6.49. The van der Waals surface area contributed by atoms with E-state index in [2.05, 4.69) is 10.4 Å². The topological polar surface area (TPSA) is 134 Å². The van der Waals surface area contributed by atoms with Crippen LogP contribution >= 0.6 is 0 Å². The number of hydrogen-bond acceptors (Lipinski definition) is 6. The minimum absolute atomic E-state index is 0.100. The van der Waals surface area contributed by atoms with Crippen LogP contribution in [0.1, 0.15) is 12.8 Å². The molecule has 1 aliphatic rings. The standard InChI is InChI=1S/C11H17N5O5/c1-14-10(8(6-12-14)16(20)21)15-4-2-7(13-11(18)19)9(17)3-5-15/h6-7,9,13,17H,2-5H2,1H3,(H,18,19)/t7-,9+/m1/s1. The van der Waals surface area contributed by atoms with E-state index in [0.29, 0.717) is 31.7 Å². The first-order valence-electron chi connectivity index (χ1n) is 6.49. The monoisotopic (exact) mass is 299 g/mol. The molecule has 0 aliphatic carbocycles. The van der Waals surface area contributed by atoms with Gasteiger partial charge in [-0.25, -0.2) is 9.48 Å². The van der Waals surface area contributed by atoms with Gasteiger partial charge in [0.1, 0.15) is 6.20 Å². The lowest BCUT2D eigenvalue weighted by Crippen LogP contribution is -2.42. The van der Waals surface area contributed by atoms with E-state index in [9.17, 15) is 20.0 Å². The molecule has 1 fully saturated rings. The summed E-state index contributed by atoms with van der Waals surface area (Å²) >= 11 is 0. The second-order valence-electron chi connectivity index (χ2n) is 4.92. The number of carboxylic acid groups (broad SMARTS) is 1. The number of carbonyl (C=O) groups is 1. The number of amides is 1. The van der Waals surface area contributed by atoms with Crippen LogP contribution in [0.15, 0.2) is 6.20 Å². The maximum absolute atomic E-state index is 11.0. The summed E-state index contributed by atoms with van der Waals surface area (Å²) in [6.07, 6.45) is -0.162. The van der Waals surface area contributed by atoms with E-state index in [0.717, 1.165) is 0 Å². The zero-order valence-corrected chi connectivity index (χ0v) is 11.5. The molecule has 1 amide bonds. The number of anilines is 1. The Kier molecular flexibility index (Phi) is 4.26. The molecule has 21 heavy (non-hydrogen) atoms. The van der Waals surface area contributed by atoms with Gasteiger partial charge in [-0.15, -0.1) is 0 Å². The number of hydrogen-bond donors (Lipinski definition) is 3. The van der Waals surface area contributed by atoms with Crippen LogP contribution in [0, 0.1) is 10.1 Å². The van der Waals surface area contributed by atoms with Crippen LogP contribution in [0.4, 0.5) is 16.3 Å². The molecule has 10 nitrogen and oxygen atoms in total. The van der Waals surface area contributed by atoms with E-state index in [1.54, 1.807) is 11.9 Å². The van der Waals surface area contributed by atoms with Gasteiger partial charge in [-0.3, -0.25) is 10.1 Å². The van der Waals surface area contributed by atoms with Gasteiger partial charge in [0, 0.05) is 20.1 Å². The molecule has 2 atom stereocenters. The van der Waals surface area contributed by atoms with Crippen LogP contribution in [-0.4, -0.2) is 56.2 Å². The lowest BCUT2D eigenvalue weighted by atomic mass is 10.1. The first kappa shape index (κ1) is 15.0. The minimum Gasteiger partial charge on any atom is -0.465 e. The quantitative estimate of drug-likeness (QED) is 0.525. The third kappa shape index (κ3) is 3.21. The molecule has 1 saturated heterocycles. The molecule has 1 aromatic heterocycles. The Morgan fingerprint density at radius 1 is 1.52 bits per heavy atom. The van der Waals surface area contributed by atoms with Crippen molar-refractivity contribution in [1.82, 2.24) is 15.1 Å². The maximum atomic E-state index is 11.0. The summed E-state index contributed by atoms with van der Waals surface area (Å²) in [7, 11) is 1.61. The highest BCUT2D eigenvalue weighted by molar-refractivity contribution is 5.65. The lowest BCUT2D eigenvalue weighted by molar-refractivity contribution is -0.384. The van der Waals surface area contributed by atoms with E-state index in [4.69, 9.17) is 5.11 Å². The van der Waals surface area contributed by atoms with Crippen molar-refractivity contribution < 1.29 is 19.9 Å². The number of aliphatic hydroxyl groups excluding tert-OH is 1. The molecule has 1 aliphatic heterocycles. The number of aryl methyl sites for hydroxylation is 1. The van der Waals surface area contributed by atoms with Crippen molar-refractivity contribution in [3.8, 4) is 0 Å². The number of nitrogens with zero attached hydrogens (tertiary/aromatic N) is 4. The van der Waals surface area contributed by atoms with Gasteiger partial charge in [-0.2, -0.15) is 5.10 Å². The van der Waals surface area contributed by atoms with Crippen LogP contribution in [0.3, 0.4) is 0 Å². The molecular weight excluding hydrogens is 282 g/mol. The van der Waals surface area contributed by atoms with E-state index in [-0.39, 0.29) is 5.69 Å². The Labute approximate surface area is 120 Å². The Bertz CT molecular complexity index is 545. The van der Waals surface area contributed by atoms with Crippen molar-refractivity contribution in [3.05, 3.63) is 16.3 Å². The summed E-state index contributed by atoms with van der Waals surface area (Å²) in [4.78, 5) is 23.0. The Hall–Kier alpha value is -2.36. The summed E-state index contributed by atoms with van der Waals surface area (Å²) in [5.41, 5.74) is -0.100. The molecular formula is C11H17N5O5. The number of nitro groups is 1. The molecule has 10 heteroatoms. The molecule has 0 unspecified atom stereocenters. The molecule has 116 valence electrons. The Morgan fingerprint density at radius 3 is 2.81 bits per heavy atom. The molecule has 1 aromatic rings. The third-order valence-corrected chi connectivity index (χ3v) is 3.56. The van der Waals surface area contributed by atoms with Crippen LogP contribution in [0.25, 0.3) is 0 Å². The molecule has 2 heterocycles. The van der Waals surface area contributed by atoms with E-state index >= 15 is 0 Å². The fraction of sp³-hybridized carbons (Fsp3) is 0.636. The summed E-state index contributed by atoms with van der Waals surface area (Å²) in [5, 5.41) is 35.9. The maximum Gasteiger partial charge on any atom is 0.404 e. The number of rotatable bonds is 3. The van der Waals surface area contributed by atoms with Crippen LogP contribution in [0.2, 0.25) is 0 Å². The van der Waals surface area contributed by atoms with Crippen molar-refractivity contribution in [2.24, 2.45) is 7.05 Å². The van der Waals surface area contributed by atoms with Gasteiger partial charge in [0.05, 0.1) is 17.1 Å². The average molecular weight is 299 g/mol. The smallest absolute Gasteiger partial charge is 0.404 e. The SMILES string of the molecule is Cn1ncc([N+](=O)[O-])c1N1CC[C@H](O)[C@H](NC(=O)O)CC1. The molecule has 0 bridgehead atoms. The highest BCUT2D eigenvalue weighted by Gasteiger charge is 2.30. The van der Waals surface area contributed by atoms with Gasteiger partial charge in [-0.05, 0) is 12.8 Å². The summed E-state index contributed by atoms with van der Waals surface area (Å²) in [5.74, 6) is 0.364. The highest BCUT2D eigenvalue weighted by Crippen LogP contribution is 2.29. The third-order valence-electron chi connectivity index (χ3n) is 3.56. The second-order valence-corrected chi connectivity index (χ2v) is 4.92. The first-order chi connectivity index (χ1) is 9.90. The molecule has 2 rings (SSSR count). The summed E-state index contributed by atoms with van der Waals surface area (Å²) in [6, 6.07) is -0.584. The van der Waals surface area contributed by atoms with Gasteiger partial charge < -0.3 is 20.4 Å². The molecule has 3 N–H and O–H groups in total. The molecule has 0 spiro atoms. The summed E-state index contributed by atoms with van der Waals surface area (Å²) in [6.45, 7) is 0.779. The van der Waals surface area contributed by atoms with E-state index in [1.165, 1.54) is 10.9 Å². The fourth-order valence-corrected chi connectivity index (χ4v) is 2.54. The highest BCUT2D eigenvalue weighted by atomic mass is 16.6. The van der Waals surface area contributed by atoms with E-state index in [1.807, 2.05) is 0 Å². The fourth-order valence-electron chi connectivity index (χ4n) is 2.54. The van der Waals surface area contributed by atoms with Gasteiger partial charge in [0.15, 0.2) is 0 Å². The normalized spacial score (nSPS) is 22.7. The largest absolute Gasteiger partial charge is 0.465 e. The summed E-state index contributed by atoms with van der Waals surface area (Å²) < 4.78 is 1.41. The predicted molar refractivity (Wildman–Crippen MR) is 72.3 cm³/mol. The Balaban J connectivity index is 2.18. The van der Waals surface area contributed by atoms with E-state index < -0.39 is 23.2 Å². The van der Waals surface area contributed by atoms with Crippen molar-refractivity contribution in [2.75, 3.05) is 18.0 Å². The average Bonchev–Trinajstić information content (AvgIpc) is 2.70. The molecule has 0 aromatic carbocycles. The van der Waals surface area contributed by atoms with Gasteiger partial charge in [0.25, 0.3) is 0 Å². The number of aliphatic hydroxyl groups is 1. The van der Waals surface area contributed by atoms with Crippen molar-refractivity contribution in [1.29, 1.82) is 0 Å². The van der Waals surface area contributed by atoms with Crippen molar-refractivity contribution >= 4 is 17.6 Å². The number of nitrogens with one attached hydrogen (secondary N) is 1. The van der Waals surface area contributed by atoms with Gasteiger partial charge in [-0.1, -0.05) is 0 Å². The molecule has 0 saturated carbocycles. The van der Waals surface area contributed by atoms with Crippen molar-refractivity contribution in [3.63, 3.8) is 0 Å². The Morgan fingerprint density at radius 2 is 2.19 bits per heavy atom.